The highest BCUT2D eigenvalue weighted by molar-refractivity contribution is 6.26. The second-order valence-electron chi connectivity index (χ2n) is 12.6. The Morgan fingerprint density at radius 1 is 0.306 bits per heavy atom. The first kappa shape index (κ1) is 27.5. The Balaban J connectivity index is 1.23. The Kier molecular flexibility index (Phi) is 6.18. The van der Waals surface area contributed by atoms with Crippen LogP contribution in [0, 0.1) is 0 Å². The molecule has 49 heavy (non-hydrogen) atoms. The van der Waals surface area contributed by atoms with E-state index in [1.54, 1.807) is 0 Å². The molecule has 0 bridgehead atoms. The van der Waals surface area contributed by atoms with Crippen molar-refractivity contribution in [1.82, 2.24) is 14.5 Å². The van der Waals surface area contributed by atoms with E-state index in [4.69, 9.17) is 9.97 Å². The lowest BCUT2D eigenvalue weighted by molar-refractivity contribution is 1.05. The van der Waals surface area contributed by atoms with Crippen molar-refractivity contribution in [3.05, 3.63) is 176 Å². The van der Waals surface area contributed by atoms with Gasteiger partial charge in [-0.25, -0.2) is 9.97 Å². The number of para-hydroxylation sites is 2. The molecular formula is C46H29N3. The fourth-order valence-electron chi connectivity index (χ4n) is 7.51. The summed E-state index contributed by atoms with van der Waals surface area (Å²) in [6, 6.07) is 62.6. The summed E-state index contributed by atoms with van der Waals surface area (Å²) >= 11 is 0. The molecule has 0 saturated heterocycles. The number of aromatic nitrogens is 3. The number of hydrogen-bond donors (Lipinski definition) is 0. The van der Waals surface area contributed by atoms with E-state index in [1.807, 2.05) is 18.2 Å². The highest BCUT2D eigenvalue weighted by Gasteiger charge is 2.17. The van der Waals surface area contributed by atoms with Gasteiger partial charge in [-0.15, -0.1) is 0 Å². The van der Waals surface area contributed by atoms with Crippen LogP contribution in [0.3, 0.4) is 0 Å². The fraction of sp³-hybridized carbons (Fsp3) is 0. The summed E-state index contributed by atoms with van der Waals surface area (Å²) in [7, 11) is 0. The Hall–Kier alpha value is -6.58. The van der Waals surface area contributed by atoms with Crippen LogP contribution in [-0.2, 0) is 0 Å². The number of nitrogens with zero attached hydrogens (tertiary/aromatic N) is 3. The van der Waals surface area contributed by atoms with Gasteiger partial charge in [0, 0.05) is 28.0 Å². The summed E-state index contributed by atoms with van der Waals surface area (Å²) in [5.41, 5.74) is 7.62. The molecule has 0 spiro atoms. The van der Waals surface area contributed by atoms with Crippen LogP contribution >= 0.6 is 0 Å². The molecule has 0 aliphatic rings. The Morgan fingerprint density at radius 3 is 1.39 bits per heavy atom. The lowest BCUT2D eigenvalue weighted by atomic mass is 9.91. The van der Waals surface area contributed by atoms with Crippen molar-refractivity contribution in [1.29, 1.82) is 0 Å². The molecule has 0 aliphatic heterocycles. The van der Waals surface area contributed by atoms with E-state index in [-0.39, 0.29) is 0 Å². The first-order valence-corrected chi connectivity index (χ1v) is 16.7. The number of rotatable bonds is 4. The van der Waals surface area contributed by atoms with Crippen LogP contribution < -0.4 is 0 Å². The van der Waals surface area contributed by atoms with Crippen molar-refractivity contribution in [2.75, 3.05) is 0 Å². The van der Waals surface area contributed by atoms with Crippen molar-refractivity contribution in [2.45, 2.75) is 0 Å². The third-order valence-corrected chi connectivity index (χ3v) is 9.79. The summed E-state index contributed by atoms with van der Waals surface area (Å²) in [5.74, 6) is 1.55. The van der Waals surface area contributed by atoms with Gasteiger partial charge in [0.2, 0.25) is 0 Å². The van der Waals surface area contributed by atoms with Gasteiger partial charge in [-0.05, 0) is 67.7 Å². The summed E-state index contributed by atoms with van der Waals surface area (Å²) in [4.78, 5) is 10.4. The standard InChI is InChI=1S/C46H29N3/c1-3-13-30(14-4-1)32-23-25-36-37-26-24-33(28-41(37)35-18-8-7-17-34(35)40(36)27-32)42-29-45(48-46(47-42)31-15-5-2-6-16-31)49-43-21-11-9-19-38(43)39-20-10-12-22-44(39)49/h1-29H. The van der Waals surface area contributed by atoms with Crippen LogP contribution in [0.1, 0.15) is 0 Å². The lowest BCUT2D eigenvalue weighted by Gasteiger charge is -2.15. The van der Waals surface area contributed by atoms with Gasteiger partial charge >= 0.3 is 0 Å². The molecule has 0 N–H and O–H groups in total. The van der Waals surface area contributed by atoms with E-state index in [1.165, 1.54) is 54.2 Å². The van der Waals surface area contributed by atoms with Gasteiger partial charge in [-0.3, -0.25) is 4.57 Å². The molecule has 0 amide bonds. The maximum atomic E-state index is 5.21. The highest BCUT2D eigenvalue weighted by Crippen LogP contribution is 2.39. The summed E-state index contributed by atoms with van der Waals surface area (Å²) in [6.45, 7) is 0. The zero-order valence-corrected chi connectivity index (χ0v) is 26.6. The average Bonchev–Trinajstić information content (AvgIpc) is 3.52. The molecule has 0 aliphatic carbocycles. The lowest BCUT2D eigenvalue weighted by Crippen LogP contribution is -2.02. The monoisotopic (exact) mass is 623 g/mol. The minimum atomic E-state index is 0.701. The molecule has 3 heteroatoms. The first-order chi connectivity index (χ1) is 24.3. The molecule has 0 radical (unpaired) electrons. The molecular weight excluding hydrogens is 595 g/mol. The highest BCUT2D eigenvalue weighted by atomic mass is 15.1. The van der Waals surface area contributed by atoms with Crippen LogP contribution in [-0.4, -0.2) is 14.5 Å². The average molecular weight is 624 g/mol. The molecule has 0 fully saturated rings. The summed E-state index contributed by atoms with van der Waals surface area (Å²) in [6.07, 6.45) is 0. The molecule has 0 saturated carbocycles. The number of hydrogen-bond acceptors (Lipinski definition) is 2. The van der Waals surface area contributed by atoms with Crippen molar-refractivity contribution in [3.8, 4) is 39.6 Å². The van der Waals surface area contributed by atoms with Crippen LogP contribution in [0.2, 0.25) is 0 Å². The molecule has 10 aromatic rings. The fourth-order valence-corrected chi connectivity index (χ4v) is 7.51. The van der Waals surface area contributed by atoms with Crippen LogP contribution in [0.15, 0.2) is 176 Å². The van der Waals surface area contributed by atoms with E-state index >= 15 is 0 Å². The maximum absolute atomic E-state index is 5.21. The Morgan fingerprint density at radius 2 is 0.776 bits per heavy atom. The number of benzene rings is 8. The molecule has 2 heterocycles. The van der Waals surface area contributed by atoms with E-state index in [9.17, 15) is 0 Å². The predicted molar refractivity (Wildman–Crippen MR) is 205 cm³/mol. The zero-order chi connectivity index (χ0) is 32.3. The Bertz CT molecular complexity index is 2800. The van der Waals surface area contributed by atoms with Gasteiger partial charge in [0.15, 0.2) is 5.82 Å². The van der Waals surface area contributed by atoms with Crippen LogP contribution in [0.4, 0.5) is 0 Å². The predicted octanol–water partition coefficient (Wildman–Crippen LogP) is 12.0. The van der Waals surface area contributed by atoms with E-state index < -0.39 is 0 Å². The van der Waals surface area contributed by atoms with Gasteiger partial charge in [-0.2, -0.15) is 0 Å². The van der Waals surface area contributed by atoms with Gasteiger partial charge < -0.3 is 0 Å². The molecule has 0 atom stereocenters. The van der Waals surface area contributed by atoms with Crippen molar-refractivity contribution >= 4 is 54.1 Å². The van der Waals surface area contributed by atoms with E-state index in [0.29, 0.717) is 5.82 Å². The minimum absolute atomic E-state index is 0.701. The third kappa shape index (κ3) is 4.44. The van der Waals surface area contributed by atoms with Gasteiger partial charge in [0.25, 0.3) is 0 Å². The first-order valence-electron chi connectivity index (χ1n) is 16.7. The molecule has 0 unspecified atom stereocenters. The third-order valence-electron chi connectivity index (χ3n) is 9.79. The minimum Gasteiger partial charge on any atom is -0.294 e. The SMILES string of the molecule is c1ccc(-c2ccc3c4ccc(-c5cc(-n6c7ccccc7c7ccccc76)nc(-c6ccccc6)n5)cc4c4ccccc4c3c2)cc1. The summed E-state index contributed by atoms with van der Waals surface area (Å²) in [5, 5.41) is 9.86. The van der Waals surface area contributed by atoms with Crippen molar-refractivity contribution in [2.24, 2.45) is 0 Å². The zero-order valence-electron chi connectivity index (χ0n) is 26.6. The van der Waals surface area contributed by atoms with Gasteiger partial charge in [-0.1, -0.05) is 146 Å². The van der Waals surface area contributed by atoms with E-state index in [2.05, 4.69) is 162 Å². The maximum Gasteiger partial charge on any atom is 0.162 e. The molecule has 2 aromatic heterocycles. The topological polar surface area (TPSA) is 30.7 Å². The molecule has 228 valence electrons. The van der Waals surface area contributed by atoms with Crippen LogP contribution in [0.5, 0.6) is 0 Å². The molecule has 10 rings (SSSR count). The van der Waals surface area contributed by atoms with Crippen LogP contribution in [0.25, 0.3) is 93.7 Å². The smallest absolute Gasteiger partial charge is 0.162 e. The van der Waals surface area contributed by atoms with Gasteiger partial charge in [0.05, 0.1) is 16.7 Å². The second-order valence-corrected chi connectivity index (χ2v) is 12.6. The van der Waals surface area contributed by atoms with Crippen molar-refractivity contribution in [3.63, 3.8) is 0 Å². The second kappa shape index (κ2) is 11.0. The molecule has 8 aromatic carbocycles. The quantitative estimate of drug-likeness (QED) is 0.183. The Labute approximate surface area is 283 Å². The largest absolute Gasteiger partial charge is 0.294 e. The van der Waals surface area contributed by atoms with Crippen molar-refractivity contribution < 1.29 is 0 Å². The normalized spacial score (nSPS) is 11.7. The molecule has 3 nitrogen and oxygen atoms in total. The number of fused-ring (bicyclic) bond motifs is 9. The van der Waals surface area contributed by atoms with E-state index in [0.717, 1.165) is 33.7 Å². The summed E-state index contributed by atoms with van der Waals surface area (Å²) < 4.78 is 2.27. The van der Waals surface area contributed by atoms with Gasteiger partial charge in [0.1, 0.15) is 5.82 Å².